The zero-order valence-corrected chi connectivity index (χ0v) is 15.9. The second-order valence-electron chi connectivity index (χ2n) is 9.14. The molecule has 1 saturated heterocycles. The van der Waals surface area contributed by atoms with Crippen LogP contribution in [0.25, 0.3) is 0 Å². The van der Waals surface area contributed by atoms with Crippen molar-refractivity contribution < 1.29 is 23.4 Å². The van der Waals surface area contributed by atoms with Crippen molar-refractivity contribution in [3.05, 3.63) is 29.3 Å². The van der Waals surface area contributed by atoms with Crippen LogP contribution in [0.1, 0.15) is 56.1 Å². The molecular weight excluding hydrogens is 352 g/mol. The minimum Gasteiger partial charge on any atom is -0.435 e. The van der Waals surface area contributed by atoms with Crippen LogP contribution in [0.5, 0.6) is 5.75 Å². The number of alkyl halides is 2. The average molecular weight is 379 g/mol. The summed E-state index contributed by atoms with van der Waals surface area (Å²) < 4.78 is 29.4. The van der Waals surface area contributed by atoms with Gasteiger partial charge in [0.1, 0.15) is 5.75 Å². The standard InChI is InChI=1S/C21H27F2NO3/c1-13-7-14(3-4-17(13)27-19(22)23)15-5-6-21(10-15)11-24(12-21)18(25)16-8-20(2,26)9-16/h3-4,7,15-16,19,26H,5-6,8-12H2,1-2H3/t15-,16?,20?/m1/s1. The number of nitrogens with zero attached hydrogens (tertiary/aromatic N) is 1. The van der Waals surface area contributed by atoms with Crippen molar-refractivity contribution in [1.29, 1.82) is 0 Å². The fourth-order valence-corrected chi connectivity index (χ4v) is 5.29. The van der Waals surface area contributed by atoms with Gasteiger partial charge >= 0.3 is 6.61 Å². The smallest absolute Gasteiger partial charge is 0.387 e. The van der Waals surface area contributed by atoms with Crippen molar-refractivity contribution >= 4 is 5.91 Å². The maximum atomic E-state index is 12.5. The molecule has 3 fully saturated rings. The molecule has 1 heterocycles. The summed E-state index contributed by atoms with van der Waals surface area (Å²) in [4.78, 5) is 14.4. The summed E-state index contributed by atoms with van der Waals surface area (Å²) in [6.45, 7) is 2.40. The van der Waals surface area contributed by atoms with Gasteiger partial charge < -0.3 is 14.7 Å². The van der Waals surface area contributed by atoms with Crippen LogP contribution in [-0.2, 0) is 4.79 Å². The van der Waals surface area contributed by atoms with Gasteiger partial charge in [0.15, 0.2) is 0 Å². The molecule has 0 bridgehead atoms. The fourth-order valence-electron chi connectivity index (χ4n) is 5.29. The van der Waals surface area contributed by atoms with Gasteiger partial charge in [-0.1, -0.05) is 12.1 Å². The molecule has 1 aromatic carbocycles. The van der Waals surface area contributed by atoms with E-state index in [0.717, 1.165) is 37.9 Å². The number of aryl methyl sites for hydroxylation is 1. The van der Waals surface area contributed by atoms with E-state index in [9.17, 15) is 18.7 Å². The Hall–Kier alpha value is -1.69. The Morgan fingerprint density at radius 1 is 1.30 bits per heavy atom. The number of aliphatic hydroxyl groups is 1. The molecule has 1 aliphatic heterocycles. The average Bonchev–Trinajstić information content (AvgIpc) is 2.97. The quantitative estimate of drug-likeness (QED) is 0.864. The predicted octanol–water partition coefficient (Wildman–Crippen LogP) is 3.85. The number of hydrogen-bond acceptors (Lipinski definition) is 3. The van der Waals surface area contributed by atoms with Gasteiger partial charge in [-0.2, -0.15) is 8.78 Å². The van der Waals surface area contributed by atoms with E-state index in [4.69, 9.17) is 0 Å². The van der Waals surface area contributed by atoms with E-state index in [1.54, 1.807) is 19.9 Å². The summed E-state index contributed by atoms with van der Waals surface area (Å²) in [5.74, 6) is 0.823. The first-order valence-electron chi connectivity index (χ1n) is 9.73. The Bertz CT molecular complexity index is 735. The van der Waals surface area contributed by atoms with Gasteiger partial charge in [0.05, 0.1) is 5.60 Å². The van der Waals surface area contributed by atoms with Gasteiger partial charge in [-0.25, -0.2) is 0 Å². The molecule has 2 aliphatic carbocycles. The number of halogens is 2. The van der Waals surface area contributed by atoms with Crippen molar-refractivity contribution in [1.82, 2.24) is 4.90 Å². The molecule has 148 valence electrons. The molecule has 1 aromatic rings. The maximum Gasteiger partial charge on any atom is 0.387 e. The maximum absolute atomic E-state index is 12.5. The first kappa shape index (κ1) is 18.7. The van der Waals surface area contributed by atoms with Gasteiger partial charge in [0, 0.05) is 24.4 Å². The van der Waals surface area contributed by atoms with E-state index >= 15 is 0 Å². The van der Waals surface area contributed by atoms with Crippen LogP contribution in [0, 0.1) is 18.3 Å². The highest BCUT2D eigenvalue weighted by Gasteiger charge is 2.53. The number of amides is 1. The summed E-state index contributed by atoms with van der Waals surface area (Å²) >= 11 is 0. The Morgan fingerprint density at radius 3 is 2.59 bits per heavy atom. The van der Waals surface area contributed by atoms with Crippen molar-refractivity contribution in [3.63, 3.8) is 0 Å². The second-order valence-corrected chi connectivity index (χ2v) is 9.14. The molecule has 2 saturated carbocycles. The molecule has 1 spiro atoms. The molecular formula is C21H27F2NO3. The summed E-state index contributed by atoms with van der Waals surface area (Å²) in [6.07, 6.45) is 4.34. The first-order chi connectivity index (χ1) is 12.7. The molecule has 1 atom stereocenters. The first-order valence-corrected chi connectivity index (χ1v) is 9.73. The molecule has 1 amide bonds. The highest BCUT2D eigenvalue weighted by Crippen LogP contribution is 2.53. The lowest BCUT2D eigenvalue weighted by Gasteiger charge is -2.52. The Morgan fingerprint density at radius 2 is 2.00 bits per heavy atom. The van der Waals surface area contributed by atoms with E-state index in [2.05, 4.69) is 4.74 Å². The molecule has 3 aliphatic rings. The minimum atomic E-state index is -2.80. The third-order valence-corrected chi connectivity index (χ3v) is 6.67. The number of carbonyl (C=O) groups excluding carboxylic acids is 1. The molecule has 0 unspecified atom stereocenters. The fraction of sp³-hybridized carbons (Fsp3) is 0.667. The Balaban J connectivity index is 1.33. The predicted molar refractivity (Wildman–Crippen MR) is 96.8 cm³/mol. The van der Waals surface area contributed by atoms with E-state index in [0.29, 0.717) is 18.8 Å². The SMILES string of the molecule is Cc1cc([C@@H]2CCC3(C2)CN(C(=O)C2CC(C)(O)C2)C3)ccc1OC(F)F. The van der Waals surface area contributed by atoms with E-state index in [-0.39, 0.29) is 23.0 Å². The number of hydrogen-bond donors (Lipinski definition) is 1. The van der Waals surface area contributed by atoms with Gasteiger partial charge in [0.2, 0.25) is 5.91 Å². The largest absolute Gasteiger partial charge is 0.435 e. The number of likely N-dealkylation sites (tertiary alicyclic amines) is 1. The van der Waals surface area contributed by atoms with Crippen LogP contribution < -0.4 is 4.74 Å². The van der Waals surface area contributed by atoms with Crippen LogP contribution in [-0.4, -0.2) is 41.2 Å². The molecule has 1 N–H and O–H groups in total. The van der Waals surface area contributed by atoms with E-state index in [1.165, 1.54) is 5.56 Å². The van der Waals surface area contributed by atoms with Gasteiger partial charge in [-0.3, -0.25) is 4.79 Å². The van der Waals surface area contributed by atoms with Gasteiger partial charge in [-0.05, 0) is 69.1 Å². The summed E-state index contributed by atoms with van der Waals surface area (Å²) in [7, 11) is 0. The Labute approximate surface area is 158 Å². The van der Waals surface area contributed by atoms with Crippen LogP contribution in [0.3, 0.4) is 0 Å². The number of carbonyl (C=O) groups is 1. The van der Waals surface area contributed by atoms with Crippen LogP contribution in [0.4, 0.5) is 8.78 Å². The van der Waals surface area contributed by atoms with Crippen molar-refractivity contribution in [2.24, 2.45) is 11.3 Å². The lowest BCUT2D eigenvalue weighted by Crippen LogP contribution is -2.61. The van der Waals surface area contributed by atoms with Crippen LogP contribution in [0.15, 0.2) is 18.2 Å². The van der Waals surface area contributed by atoms with Crippen molar-refractivity contribution in [2.45, 2.75) is 64.1 Å². The zero-order chi connectivity index (χ0) is 19.4. The van der Waals surface area contributed by atoms with E-state index < -0.39 is 12.2 Å². The number of benzene rings is 1. The summed E-state index contributed by atoms with van der Waals surface area (Å²) in [5, 5.41) is 9.84. The third kappa shape index (κ3) is 3.56. The summed E-state index contributed by atoms with van der Waals surface area (Å²) in [6, 6.07) is 5.49. The molecule has 0 aromatic heterocycles. The van der Waals surface area contributed by atoms with Crippen molar-refractivity contribution in [2.75, 3.05) is 13.1 Å². The lowest BCUT2D eigenvalue weighted by atomic mass is 9.69. The normalized spacial score (nSPS) is 31.7. The number of rotatable bonds is 4. The molecule has 6 heteroatoms. The second kappa shape index (κ2) is 6.43. The lowest BCUT2D eigenvalue weighted by molar-refractivity contribution is -0.161. The highest BCUT2D eigenvalue weighted by atomic mass is 19.3. The van der Waals surface area contributed by atoms with Crippen molar-refractivity contribution in [3.8, 4) is 5.75 Å². The molecule has 4 nitrogen and oxygen atoms in total. The number of ether oxygens (including phenoxy) is 1. The minimum absolute atomic E-state index is 0.0143. The monoisotopic (exact) mass is 379 g/mol. The molecule has 27 heavy (non-hydrogen) atoms. The van der Waals surface area contributed by atoms with Crippen LogP contribution >= 0.6 is 0 Å². The molecule has 0 radical (unpaired) electrons. The van der Waals surface area contributed by atoms with E-state index in [1.807, 2.05) is 17.0 Å². The van der Waals surface area contributed by atoms with Gasteiger partial charge in [0.25, 0.3) is 0 Å². The molecule has 4 rings (SSSR count). The summed E-state index contributed by atoms with van der Waals surface area (Å²) in [5.41, 5.74) is 1.44. The zero-order valence-electron chi connectivity index (χ0n) is 15.9. The third-order valence-electron chi connectivity index (χ3n) is 6.67. The highest BCUT2D eigenvalue weighted by molar-refractivity contribution is 5.81. The topological polar surface area (TPSA) is 49.8 Å². The van der Waals surface area contributed by atoms with Crippen LogP contribution in [0.2, 0.25) is 0 Å². The Kier molecular flexibility index (Phi) is 4.45. The van der Waals surface area contributed by atoms with Gasteiger partial charge in [-0.15, -0.1) is 0 Å².